The summed E-state index contributed by atoms with van der Waals surface area (Å²) in [5.74, 6) is 0.645. The van der Waals surface area contributed by atoms with Crippen LogP contribution < -0.4 is 0 Å². The Morgan fingerprint density at radius 2 is 1.11 bits per heavy atom. The molecular formula is C52H35N3S. The highest BCUT2D eigenvalue weighted by Crippen LogP contribution is 2.45. The van der Waals surface area contributed by atoms with E-state index in [-0.39, 0.29) is 0 Å². The number of aromatic nitrogens is 3. The summed E-state index contributed by atoms with van der Waals surface area (Å²) in [6.07, 6.45) is 5.80. The Kier molecular flexibility index (Phi) is 8.32. The third-order valence-corrected chi connectivity index (χ3v) is 11.7. The fourth-order valence-electron chi connectivity index (χ4n) is 7.98. The molecule has 0 saturated heterocycles. The summed E-state index contributed by atoms with van der Waals surface area (Å²) in [5.41, 5.74) is 12.1. The minimum absolute atomic E-state index is 0.645. The third-order valence-electron chi connectivity index (χ3n) is 10.5. The van der Waals surface area contributed by atoms with Crippen molar-refractivity contribution < 1.29 is 0 Å². The fourth-order valence-corrected chi connectivity index (χ4v) is 9.10. The highest BCUT2D eigenvalue weighted by atomic mass is 32.1. The highest BCUT2D eigenvalue weighted by Gasteiger charge is 2.24. The highest BCUT2D eigenvalue weighted by molar-refractivity contribution is 7.25. The van der Waals surface area contributed by atoms with Gasteiger partial charge in [0.1, 0.15) is 0 Å². The van der Waals surface area contributed by atoms with Gasteiger partial charge in [-0.15, -0.1) is 11.3 Å². The molecule has 10 aromatic rings. The quantitative estimate of drug-likeness (QED) is 0.146. The first-order valence-corrected chi connectivity index (χ1v) is 19.5. The summed E-state index contributed by atoms with van der Waals surface area (Å²) >= 11 is 1.84. The van der Waals surface area contributed by atoms with Crippen LogP contribution in [0.2, 0.25) is 0 Å². The molecule has 0 radical (unpaired) electrons. The van der Waals surface area contributed by atoms with Crippen molar-refractivity contribution in [2.75, 3.05) is 0 Å². The number of thiophene rings is 1. The molecule has 0 unspecified atom stereocenters. The predicted molar refractivity (Wildman–Crippen MR) is 239 cm³/mol. The van der Waals surface area contributed by atoms with E-state index in [1.807, 2.05) is 41.7 Å². The molecule has 0 aliphatic carbocycles. The summed E-state index contributed by atoms with van der Waals surface area (Å²) in [5, 5.41) is 4.98. The molecule has 0 bridgehead atoms. The lowest BCUT2D eigenvalue weighted by molar-refractivity contribution is 1.16. The standard InChI is InChI=1S/C52H35N3S/c1-3-18-34(4-2)41-29-38(52-53-45(36-21-10-6-11-22-36)32-46(54-52)37-23-12-7-13-24-37)30-42(35-19-8-5-9-20-35)51(41)55-47-27-16-14-25-39(47)43-31-44-40-26-15-17-28-49(40)56-50(44)33-48(43)55/h3-33H,1-2H2/b34-18+. The van der Waals surface area contributed by atoms with Crippen LogP contribution in [0.1, 0.15) is 5.56 Å². The van der Waals surface area contributed by atoms with Gasteiger partial charge in [-0.05, 0) is 53.6 Å². The van der Waals surface area contributed by atoms with Crippen molar-refractivity contribution in [1.82, 2.24) is 14.5 Å². The second kappa shape index (κ2) is 13.9. The van der Waals surface area contributed by atoms with Crippen molar-refractivity contribution in [3.63, 3.8) is 0 Å². The molecule has 0 amide bonds. The third kappa shape index (κ3) is 5.67. The van der Waals surface area contributed by atoms with Crippen LogP contribution in [0, 0.1) is 0 Å². The van der Waals surface area contributed by atoms with Gasteiger partial charge < -0.3 is 4.57 Å². The van der Waals surface area contributed by atoms with Crippen LogP contribution in [-0.4, -0.2) is 14.5 Å². The average molecular weight is 734 g/mol. The molecule has 0 saturated carbocycles. The molecule has 0 N–H and O–H groups in total. The maximum absolute atomic E-state index is 5.27. The molecule has 10 rings (SSSR count). The minimum atomic E-state index is 0.645. The summed E-state index contributed by atoms with van der Waals surface area (Å²) in [7, 11) is 0. The Hall–Kier alpha value is -7.14. The van der Waals surface area contributed by atoms with E-state index >= 15 is 0 Å². The number of fused-ring (bicyclic) bond motifs is 6. The van der Waals surface area contributed by atoms with E-state index in [1.54, 1.807) is 0 Å². The topological polar surface area (TPSA) is 30.7 Å². The molecule has 3 aromatic heterocycles. The fraction of sp³-hybridized carbons (Fsp3) is 0. The van der Waals surface area contributed by atoms with Crippen LogP contribution in [0.3, 0.4) is 0 Å². The lowest BCUT2D eigenvalue weighted by Crippen LogP contribution is -2.04. The first-order chi connectivity index (χ1) is 27.7. The normalized spacial score (nSPS) is 11.8. The van der Waals surface area contributed by atoms with Crippen LogP contribution in [0.25, 0.3) is 98.3 Å². The molecule has 4 heteroatoms. The summed E-state index contributed by atoms with van der Waals surface area (Å²) in [6, 6.07) is 60.1. The number of hydrogen-bond acceptors (Lipinski definition) is 3. The Morgan fingerprint density at radius 3 is 1.77 bits per heavy atom. The van der Waals surface area contributed by atoms with Gasteiger partial charge in [-0.3, -0.25) is 0 Å². The Bertz CT molecular complexity index is 3090. The maximum Gasteiger partial charge on any atom is 0.160 e. The molecule has 264 valence electrons. The largest absolute Gasteiger partial charge is 0.308 e. The van der Waals surface area contributed by atoms with E-state index in [0.29, 0.717) is 5.82 Å². The maximum atomic E-state index is 5.27. The lowest BCUT2D eigenvalue weighted by atomic mass is 9.92. The number of rotatable bonds is 8. The number of para-hydroxylation sites is 1. The summed E-state index contributed by atoms with van der Waals surface area (Å²) in [6.45, 7) is 8.44. The molecule has 3 heterocycles. The summed E-state index contributed by atoms with van der Waals surface area (Å²) in [4.78, 5) is 10.5. The Balaban J connectivity index is 1.33. The van der Waals surface area contributed by atoms with Crippen LogP contribution >= 0.6 is 11.3 Å². The molecule has 56 heavy (non-hydrogen) atoms. The van der Waals surface area contributed by atoms with Crippen molar-refractivity contribution in [3.05, 3.63) is 207 Å². The van der Waals surface area contributed by atoms with E-state index in [4.69, 9.17) is 9.97 Å². The van der Waals surface area contributed by atoms with Crippen molar-refractivity contribution in [2.45, 2.75) is 0 Å². The first-order valence-electron chi connectivity index (χ1n) is 18.7. The molecule has 0 aliphatic rings. The minimum Gasteiger partial charge on any atom is -0.308 e. The van der Waals surface area contributed by atoms with E-state index in [0.717, 1.165) is 67.1 Å². The van der Waals surface area contributed by atoms with E-state index < -0.39 is 0 Å². The zero-order valence-electron chi connectivity index (χ0n) is 30.6. The SMILES string of the molecule is C=C/C=C(\C=C)c1cc(-c2nc(-c3ccccc3)cc(-c3ccccc3)n2)cc(-c2ccccc2)c1-n1c2ccccc2c2cc3c(cc21)sc1ccccc13. The van der Waals surface area contributed by atoms with Gasteiger partial charge in [0.2, 0.25) is 0 Å². The Morgan fingerprint density at radius 1 is 0.500 bits per heavy atom. The van der Waals surface area contributed by atoms with Crippen molar-refractivity contribution >= 4 is 58.9 Å². The number of hydrogen-bond donors (Lipinski definition) is 0. The zero-order valence-corrected chi connectivity index (χ0v) is 31.4. The number of benzene rings is 7. The van der Waals surface area contributed by atoms with Crippen LogP contribution in [0.4, 0.5) is 0 Å². The van der Waals surface area contributed by atoms with Gasteiger partial charge in [-0.1, -0.05) is 159 Å². The molecule has 3 nitrogen and oxygen atoms in total. The van der Waals surface area contributed by atoms with Gasteiger partial charge in [0, 0.05) is 58.8 Å². The second-order valence-corrected chi connectivity index (χ2v) is 14.9. The summed E-state index contributed by atoms with van der Waals surface area (Å²) < 4.78 is 5.00. The first kappa shape index (κ1) is 33.4. The molecular weight excluding hydrogens is 699 g/mol. The van der Waals surface area contributed by atoms with Crippen LogP contribution in [0.5, 0.6) is 0 Å². The average Bonchev–Trinajstić information content (AvgIpc) is 3.79. The van der Waals surface area contributed by atoms with Crippen molar-refractivity contribution in [3.8, 4) is 50.7 Å². The molecule has 0 aliphatic heterocycles. The van der Waals surface area contributed by atoms with Gasteiger partial charge in [0.05, 0.1) is 28.1 Å². The van der Waals surface area contributed by atoms with Crippen molar-refractivity contribution in [1.29, 1.82) is 0 Å². The molecule has 7 aromatic carbocycles. The van der Waals surface area contributed by atoms with E-state index in [1.165, 1.54) is 30.9 Å². The predicted octanol–water partition coefficient (Wildman–Crippen LogP) is 14.4. The second-order valence-electron chi connectivity index (χ2n) is 13.9. The molecule has 0 atom stereocenters. The molecule has 0 spiro atoms. The van der Waals surface area contributed by atoms with E-state index in [9.17, 15) is 0 Å². The number of nitrogens with zero attached hydrogens (tertiary/aromatic N) is 3. The van der Waals surface area contributed by atoms with Gasteiger partial charge in [0.15, 0.2) is 5.82 Å². The smallest absolute Gasteiger partial charge is 0.160 e. The van der Waals surface area contributed by atoms with Crippen LogP contribution in [-0.2, 0) is 0 Å². The van der Waals surface area contributed by atoms with Crippen LogP contribution in [0.15, 0.2) is 201 Å². The van der Waals surface area contributed by atoms with E-state index in [2.05, 4.69) is 175 Å². The van der Waals surface area contributed by atoms with Gasteiger partial charge in [-0.2, -0.15) is 0 Å². The van der Waals surface area contributed by atoms with Crippen molar-refractivity contribution in [2.24, 2.45) is 0 Å². The lowest BCUT2D eigenvalue weighted by Gasteiger charge is -2.21. The monoisotopic (exact) mass is 733 g/mol. The van der Waals surface area contributed by atoms with Gasteiger partial charge >= 0.3 is 0 Å². The zero-order chi connectivity index (χ0) is 37.6. The number of allylic oxidation sites excluding steroid dienone is 4. The van der Waals surface area contributed by atoms with Gasteiger partial charge in [0.25, 0.3) is 0 Å². The van der Waals surface area contributed by atoms with Gasteiger partial charge in [-0.25, -0.2) is 9.97 Å². The Labute approximate surface area is 329 Å². The molecule has 0 fully saturated rings.